The lowest BCUT2D eigenvalue weighted by Gasteiger charge is -2.33. The molecule has 5 heterocycles. The number of carbonyl (C=O) groups excluding carboxylic acids is 3. The molecule has 11 heteroatoms. The third-order valence-electron chi connectivity index (χ3n) is 7.53. The summed E-state index contributed by atoms with van der Waals surface area (Å²) in [4.78, 5) is 48.0. The largest absolute Gasteiger partial charge is 0.444 e. The van der Waals surface area contributed by atoms with Gasteiger partial charge in [0.15, 0.2) is 6.29 Å². The van der Waals surface area contributed by atoms with Crippen LogP contribution in [0.5, 0.6) is 0 Å². The van der Waals surface area contributed by atoms with Crippen molar-refractivity contribution in [3.05, 3.63) is 41.3 Å². The van der Waals surface area contributed by atoms with Gasteiger partial charge in [0, 0.05) is 62.6 Å². The Kier molecular flexibility index (Phi) is 8.60. The number of amides is 2. The number of anilines is 1. The number of aldehydes is 1. The predicted molar refractivity (Wildman–Crippen MR) is 156 cm³/mol. The van der Waals surface area contributed by atoms with Crippen LogP contribution in [0, 0.1) is 11.8 Å². The Morgan fingerprint density at radius 2 is 1.95 bits per heavy atom. The smallest absolute Gasteiger partial charge is 0.410 e. The Hall–Kier alpha value is -3.50. The normalized spacial score (nSPS) is 18.3. The van der Waals surface area contributed by atoms with E-state index in [9.17, 15) is 14.4 Å². The highest BCUT2D eigenvalue weighted by atomic mass is 35.5. The van der Waals surface area contributed by atoms with Gasteiger partial charge in [-0.1, -0.05) is 11.6 Å². The monoisotopic (exact) mass is 581 g/mol. The highest BCUT2D eigenvalue weighted by Crippen LogP contribution is 2.33. The second kappa shape index (κ2) is 12.2. The molecule has 2 saturated heterocycles. The summed E-state index contributed by atoms with van der Waals surface area (Å²) in [6.45, 7) is 8.56. The first-order valence-electron chi connectivity index (χ1n) is 14.1. The van der Waals surface area contributed by atoms with E-state index in [1.165, 1.54) is 6.20 Å². The van der Waals surface area contributed by atoms with Crippen molar-refractivity contribution in [3.8, 4) is 11.1 Å². The summed E-state index contributed by atoms with van der Waals surface area (Å²) in [6.07, 6.45) is 8.77. The van der Waals surface area contributed by atoms with Crippen molar-refractivity contribution in [2.75, 3.05) is 31.6 Å². The molecule has 2 amide bonds. The van der Waals surface area contributed by atoms with Crippen LogP contribution in [-0.2, 0) is 20.8 Å². The van der Waals surface area contributed by atoms with Crippen molar-refractivity contribution in [3.63, 3.8) is 0 Å². The standard InChI is InChI=1S/C30H36ClN5O5/c1-30(2,3)41-29(39)35-8-4-5-20(16-35)28(38)34-26-12-23(24(31)14-32-26)21-11-25-27(33-13-21)22(18-37)17-36(25)15-19-6-9-40-10-7-19/h11-14,17-20H,4-10,15-16H2,1-3H3,(H,32,34,38). The number of nitrogens with zero attached hydrogens (tertiary/aromatic N) is 4. The quantitative estimate of drug-likeness (QED) is 0.378. The fraction of sp³-hybridized carbons (Fsp3) is 0.500. The zero-order chi connectivity index (χ0) is 29.1. The maximum atomic E-state index is 13.2. The molecule has 2 fully saturated rings. The molecule has 0 aliphatic carbocycles. The van der Waals surface area contributed by atoms with Gasteiger partial charge in [0.2, 0.25) is 5.91 Å². The Morgan fingerprint density at radius 3 is 2.68 bits per heavy atom. The third-order valence-corrected chi connectivity index (χ3v) is 7.83. The minimum Gasteiger partial charge on any atom is -0.444 e. The van der Waals surface area contributed by atoms with E-state index < -0.39 is 11.7 Å². The molecule has 218 valence electrons. The number of rotatable bonds is 6. The van der Waals surface area contributed by atoms with Gasteiger partial charge < -0.3 is 24.3 Å². The number of piperidine rings is 1. The molecule has 1 atom stereocenters. The first-order valence-corrected chi connectivity index (χ1v) is 14.5. The van der Waals surface area contributed by atoms with E-state index in [0.717, 1.165) is 50.0 Å². The summed E-state index contributed by atoms with van der Waals surface area (Å²) >= 11 is 6.56. The molecule has 2 aliphatic heterocycles. The van der Waals surface area contributed by atoms with Crippen LogP contribution < -0.4 is 5.32 Å². The van der Waals surface area contributed by atoms with Crippen molar-refractivity contribution in [2.45, 2.75) is 58.6 Å². The second-order valence-electron chi connectivity index (χ2n) is 11.8. The Balaban J connectivity index is 1.35. The van der Waals surface area contributed by atoms with E-state index in [4.69, 9.17) is 21.1 Å². The molecule has 1 N–H and O–H groups in total. The molecule has 0 saturated carbocycles. The lowest BCUT2D eigenvalue weighted by molar-refractivity contribution is -0.121. The van der Waals surface area contributed by atoms with E-state index in [1.54, 1.807) is 17.2 Å². The van der Waals surface area contributed by atoms with Crippen molar-refractivity contribution in [1.29, 1.82) is 0 Å². The third kappa shape index (κ3) is 6.87. The molecule has 0 spiro atoms. The van der Waals surface area contributed by atoms with Gasteiger partial charge in [-0.15, -0.1) is 0 Å². The van der Waals surface area contributed by atoms with Crippen LogP contribution in [0.3, 0.4) is 0 Å². The van der Waals surface area contributed by atoms with Gasteiger partial charge in [0.1, 0.15) is 11.4 Å². The van der Waals surface area contributed by atoms with Crippen molar-refractivity contribution >= 4 is 46.7 Å². The van der Waals surface area contributed by atoms with Crippen molar-refractivity contribution in [1.82, 2.24) is 19.4 Å². The van der Waals surface area contributed by atoms with Gasteiger partial charge in [-0.2, -0.15) is 0 Å². The summed E-state index contributed by atoms with van der Waals surface area (Å²) in [5.41, 5.74) is 2.84. The predicted octanol–water partition coefficient (Wildman–Crippen LogP) is 5.58. The van der Waals surface area contributed by atoms with Gasteiger partial charge in [0.05, 0.1) is 27.5 Å². The molecule has 41 heavy (non-hydrogen) atoms. The van der Waals surface area contributed by atoms with E-state index in [1.807, 2.05) is 33.0 Å². The lowest BCUT2D eigenvalue weighted by Crippen LogP contribution is -2.45. The second-order valence-corrected chi connectivity index (χ2v) is 12.2. The summed E-state index contributed by atoms with van der Waals surface area (Å²) in [6, 6.07) is 3.70. The highest BCUT2D eigenvalue weighted by molar-refractivity contribution is 6.33. The van der Waals surface area contributed by atoms with Gasteiger partial charge in [-0.3, -0.25) is 14.6 Å². The van der Waals surface area contributed by atoms with Gasteiger partial charge in [-0.05, 0) is 64.5 Å². The average molecular weight is 582 g/mol. The molecule has 0 radical (unpaired) electrons. The fourth-order valence-electron chi connectivity index (χ4n) is 5.42. The van der Waals surface area contributed by atoms with Gasteiger partial charge in [-0.25, -0.2) is 9.78 Å². The number of likely N-dealkylation sites (tertiary alicyclic amines) is 1. The Morgan fingerprint density at radius 1 is 1.17 bits per heavy atom. The van der Waals surface area contributed by atoms with Crippen LogP contribution in [-0.4, -0.2) is 69.6 Å². The van der Waals surface area contributed by atoms with Gasteiger partial charge >= 0.3 is 6.09 Å². The lowest BCUT2D eigenvalue weighted by atomic mass is 9.97. The molecule has 5 rings (SSSR count). The van der Waals surface area contributed by atoms with E-state index in [0.29, 0.717) is 52.8 Å². The molecule has 0 aromatic carbocycles. The van der Waals surface area contributed by atoms with Crippen LogP contribution in [0.4, 0.5) is 10.6 Å². The Bertz CT molecular complexity index is 1440. The molecule has 10 nitrogen and oxygen atoms in total. The van der Waals surface area contributed by atoms with Crippen LogP contribution in [0.25, 0.3) is 22.2 Å². The van der Waals surface area contributed by atoms with Crippen LogP contribution in [0.2, 0.25) is 5.02 Å². The van der Waals surface area contributed by atoms with E-state index >= 15 is 0 Å². The summed E-state index contributed by atoms with van der Waals surface area (Å²) in [5.74, 6) is 0.217. The van der Waals surface area contributed by atoms with E-state index in [-0.39, 0.29) is 18.4 Å². The van der Waals surface area contributed by atoms with Gasteiger partial charge in [0.25, 0.3) is 0 Å². The number of fused-ring (bicyclic) bond motifs is 1. The number of carbonyl (C=O) groups is 3. The summed E-state index contributed by atoms with van der Waals surface area (Å²) < 4.78 is 13.1. The molecular weight excluding hydrogens is 546 g/mol. The topological polar surface area (TPSA) is 116 Å². The molecule has 3 aromatic heterocycles. The number of aromatic nitrogens is 3. The number of pyridine rings is 2. The minimum absolute atomic E-state index is 0.214. The zero-order valence-corrected chi connectivity index (χ0v) is 24.4. The minimum atomic E-state index is -0.602. The van der Waals surface area contributed by atoms with Crippen LogP contribution >= 0.6 is 11.6 Å². The SMILES string of the molecule is CC(C)(C)OC(=O)N1CCCC(C(=O)Nc2cc(-c3cnc4c(C=O)cn(CC5CCOCC5)c4c3)c(Cl)cn2)C1. The first-order chi connectivity index (χ1) is 19.6. The molecule has 1 unspecified atom stereocenters. The number of hydrogen-bond donors (Lipinski definition) is 1. The number of ether oxygens (including phenoxy) is 2. The molecule has 3 aromatic rings. The molecule has 0 bridgehead atoms. The zero-order valence-electron chi connectivity index (χ0n) is 23.7. The molecular formula is C30H36ClN5O5. The number of halogens is 1. The fourth-order valence-corrected chi connectivity index (χ4v) is 5.64. The summed E-state index contributed by atoms with van der Waals surface area (Å²) in [5, 5.41) is 3.31. The number of nitrogens with one attached hydrogen (secondary N) is 1. The van der Waals surface area contributed by atoms with Crippen LogP contribution in [0.1, 0.15) is 56.8 Å². The highest BCUT2D eigenvalue weighted by Gasteiger charge is 2.31. The van der Waals surface area contributed by atoms with Crippen LogP contribution in [0.15, 0.2) is 30.7 Å². The first kappa shape index (κ1) is 29.0. The van der Waals surface area contributed by atoms with E-state index in [2.05, 4.69) is 19.9 Å². The maximum Gasteiger partial charge on any atom is 0.410 e. The Labute approximate surface area is 244 Å². The number of hydrogen-bond acceptors (Lipinski definition) is 7. The average Bonchev–Trinajstić information content (AvgIpc) is 3.30. The van der Waals surface area contributed by atoms with Crippen molar-refractivity contribution in [2.24, 2.45) is 11.8 Å². The summed E-state index contributed by atoms with van der Waals surface area (Å²) in [7, 11) is 0. The molecule has 2 aliphatic rings. The maximum absolute atomic E-state index is 13.2. The van der Waals surface area contributed by atoms with Crippen molar-refractivity contribution < 1.29 is 23.9 Å².